The van der Waals surface area contributed by atoms with Gasteiger partial charge in [0.15, 0.2) is 0 Å². The van der Waals surface area contributed by atoms with Crippen molar-refractivity contribution in [3.8, 4) is 10.7 Å². The molecule has 0 atom stereocenters. The number of thiophene rings is 1. The van der Waals surface area contributed by atoms with E-state index in [2.05, 4.69) is 14.7 Å². The van der Waals surface area contributed by atoms with Crippen molar-refractivity contribution in [2.45, 2.75) is 12.7 Å². The molecule has 0 aliphatic rings. The van der Waals surface area contributed by atoms with Crippen LogP contribution >= 0.6 is 11.3 Å². The van der Waals surface area contributed by atoms with Crippen LogP contribution in [0.5, 0.6) is 0 Å². The van der Waals surface area contributed by atoms with E-state index in [1.54, 1.807) is 6.07 Å². The van der Waals surface area contributed by atoms with Crippen molar-refractivity contribution in [3.05, 3.63) is 22.9 Å². The summed E-state index contributed by atoms with van der Waals surface area (Å²) in [6, 6.07) is 3.02. The molecule has 24 heavy (non-hydrogen) atoms. The molecule has 0 aliphatic carbocycles. The van der Waals surface area contributed by atoms with Crippen LogP contribution in [0.4, 0.5) is 13.2 Å². The summed E-state index contributed by atoms with van der Waals surface area (Å²) in [7, 11) is 0.0863. The zero-order valence-electron chi connectivity index (χ0n) is 12.7. The van der Waals surface area contributed by atoms with Gasteiger partial charge in [0.2, 0.25) is 5.82 Å². The molecule has 0 aromatic carbocycles. The second kappa shape index (κ2) is 6.76. The third-order valence-electron chi connectivity index (χ3n) is 2.76. The van der Waals surface area contributed by atoms with Gasteiger partial charge >= 0.3 is 22.3 Å². The van der Waals surface area contributed by atoms with Crippen molar-refractivity contribution >= 4 is 21.5 Å². The zero-order chi connectivity index (χ0) is 18.1. The number of halogens is 3. The summed E-state index contributed by atoms with van der Waals surface area (Å²) < 4.78 is 67.3. The predicted octanol–water partition coefficient (Wildman–Crippen LogP) is 1.99. The third-order valence-corrected chi connectivity index (χ3v) is 5.54. The Bertz CT molecular complexity index is 800. The fraction of sp³-hybridized carbons (Fsp3) is 0.455. The van der Waals surface area contributed by atoms with Crippen molar-refractivity contribution in [2.75, 3.05) is 21.2 Å². The van der Waals surface area contributed by atoms with Gasteiger partial charge < -0.3 is 4.52 Å². The summed E-state index contributed by atoms with van der Waals surface area (Å²) in [6.07, 6.45) is -4.72. The van der Waals surface area contributed by atoms with Gasteiger partial charge in [-0.3, -0.25) is 4.84 Å². The molecule has 13 heteroatoms. The van der Waals surface area contributed by atoms with Gasteiger partial charge in [0.25, 0.3) is 0 Å². The van der Waals surface area contributed by atoms with E-state index in [-0.39, 0.29) is 12.4 Å². The second-order valence-electron chi connectivity index (χ2n) is 4.62. The highest BCUT2D eigenvalue weighted by molar-refractivity contribution is 7.86. The molecule has 8 nitrogen and oxygen atoms in total. The minimum atomic E-state index is -4.72. The molecule has 2 aromatic rings. The molecule has 2 heterocycles. The van der Waals surface area contributed by atoms with Crippen molar-refractivity contribution in [1.82, 2.24) is 18.9 Å². The summed E-state index contributed by atoms with van der Waals surface area (Å²) in [5.74, 6) is -1.67. The van der Waals surface area contributed by atoms with E-state index in [1.807, 2.05) is 0 Å². The minimum Gasteiger partial charge on any atom is -0.329 e. The topological polar surface area (TPSA) is 88.8 Å². The molecule has 0 amide bonds. The van der Waals surface area contributed by atoms with E-state index in [4.69, 9.17) is 4.84 Å². The van der Waals surface area contributed by atoms with Crippen LogP contribution in [0.15, 0.2) is 16.7 Å². The number of nitrogens with zero attached hydrogens (tertiary/aromatic N) is 4. The molecule has 0 saturated heterocycles. The lowest BCUT2D eigenvalue weighted by atomic mass is 10.4. The number of alkyl halides is 3. The van der Waals surface area contributed by atoms with Gasteiger partial charge in [0.1, 0.15) is 0 Å². The Morgan fingerprint density at radius 3 is 2.50 bits per heavy atom. The highest BCUT2D eigenvalue weighted by atomic mass is 32.2. The van der Waals surface area contributed by atoms with Crippen LogP contribution in [-0.4, -0.2) is 48.5 Å². The molecule has 0 fully saturated rings. The van der Waals surface area contributed by atoms with Crippen LogP contribution in [0.3, 0.4) is 0 Å². The average molecular weight is 386 g/mol. The fourth-order valence-electron chi connectivity index (χ4n) is 1.57. The molecule has 0 saturated carbocycles. The molecule has 0 unspecified atom stereocenters. The molecule has 134 valence electrons. The summed E-state index contributed by atoms with van der Waals surface area (Å²) in [5.41, 5.74) is 0. The standard InChI is InChI=1S/C11H13F3N4O4S2/c1-17(2)24(19,20)18(21-3)6-7-4-5-8(23-7)9-15-10(22-16-9)11(12,13)14/h4-5H,6H2,1-3H3. The Morgan fingerprint density at radius 2 is 2.00 bits per heavy atom. The van der Waals surface area contributed by atoms with E-state index < -0.39 is 22.3 Å². The third kappa shape index (κ3) is 3.92. The Kier molecular flexibility index (Phi) is 5.29. The predicted molar refractivity (Wildman–Crippen MR) is 77.8 cm³/mol. The van der Waals surface area contributed by atoms with Gasteiger partial charge in [-0.25, -0.2) is 0 Å². The first-order valence-corrected chi connectivity index (χ1v) is 8.51. The van der Waals surface area contributed by atoms with Gasteiger partial charge in [0.05, 0.1) is 18.5 Å². The van der Waals surface area contributed by atoms with Crippen molar-refractivity contribution in [2.24, 2.45) is 0 Å². The highest BCUT2D eigenvalue weighted by Crippen LogP contribution is 2.32. The first kappa shape index (κ1) is 18.8. The molecule has 0 radical (unpaired) electrons. The maximum absolute atomic E-state index is 12.5. The SMILES string of the molecule is CON(Cc1ccc(-c2noc(C(F)(F)F)n2)s1)S(=O)(=O)N(C)C. The monoisotopic (exact) mass is 386 g/mol. The van der Waals surface area contributed by atoms with E-state index in [9.17, 15) is 21.6 Å². The first-order valence-electron chi connectivity index (χ1n) is 6.30. The van der Waals surface area contributed by atoms with Crippen molar-refractivity contribution in [3.63, 3.8) is 0 Å². The van der Waals surface area contributed by atoms with Crippen LogP contribution < -0.4 is 0 Å². The van der Waals surface area contributed by atoms with E-state index in [0.717, 1.165) is 20.1 Å². The number of rotatable bonds is 6. The smallest absolute Gasteiger partial charge is 0.329 e. The van der Waals surface area contributed by atoms with Crippen LogP contribution in [0, 0.1) is 0 Å². The normalized spacial score (nSPS) is 13.2. The average Bonchev–Trinajstić information content (AvgIpc) is 3.12. The Labute approximate surface area is 139 Å². The summed E-state index contributed by atoms with van der Waals surface area (Å²) in [4.78, 5) is 8.97. The lowest BCUT2D eigenvalue weighted by molar-refractivity contribution is -0.159. The van der Waals surface area contributed by atoms with E-state index in [0.29, 0.717) is 9.75 Å². The summed E-state index contributed by atoms with van der Waals surface area (Å²) >= 11 is 1.02. The minimum absolute atomic E-state index is 0.119. The maximum Gasteiger partial charge on any atom is 0.471 e. The Hall–Kier alpha value is -1.54. The van der Waals surface area contributed by atoms with Crippen molar-refractivity contribution < 1.29 is 30.9 Å². The second-order valence-corrected chi connectivity index (χ2v) is 7.82. The van der Waals surface area contributed by atoms with Gasteiger partial charge in [-0.15, -0.1) is 11.3 Å². The largest absolute Gasteiger partial charge is 0.471 e. The molecule has 0 N–H and O–H groups in total. The van der Waals surface area contributed by atoms with Gasteiger partial charge in [0, 0.05) is 19.0 Å². The van der Waals surface area contributed by atoms with Crippen LogP contribution in [0.1, 0.15) is 10.8 Å². The lowest BCUT2D eigenvalue weighted by Crippen LogP contribution is -2.38. The van der Waals surface area contributed by atoms with Gasteiger partial charge in [-0.1, -0.05) is 9.63 Å². The van der Waals surface area contributed by atoms with Crippen LogP contribution in [0.25, 0.3) is 10.7 Å². The number of hydroxylamine groups is 1. The first-order chi connectivity index (χ1) is 11.1. The van der Waals surface area contributed by atoms with Crippen molar-refractivity contribution in [1.29, 1.82) is 0 Å². The number of aromatic nitrogens is 2. The molecule has 0 aliphatic heterocycles. The molecule has 2 rings (SSSR count). The highest BCUT2D eigenvalue weighted by Gasteiger charge is 2.38. The number of hydrogen-bond donors (Lipinski definition) is 0. The van der Waals surface area contributed by atoms with Crippen LogP contribution in [0.2, 0.25) is 0 Å². The lowest BCUT2D eigenvalue weighted by Gasteiger charge is -2.22. The van der Waals surface area contributed by atoms with Gasteiger partial charge in [-0.2, -0.15) is 30.9 Å². The zero-order valence-corrected chi connectivity index (χ0v) is 14.4. The maximum atomic E-state index is 12.5. The van der Waals surface area contributed by atoms with Gasteiger partial charge in [-0.05, 0) is 12.1 Å². The molecule has 0 bridgehead atoms. The Morgan fingerprint density at radius 1 is 1.33 bits per heavy atom. The number of hydrogen-bond acceptors (Lipinski definition) is 7. The molecular weight excluding hydrogens is 373 g/mol. The fourth-order valence-corrected chi connectivity index (χ4v) is 3.42. The molecular formula is C11H13F3N4O4S2. The molecule has 2 aromatic heterocycles. The molecule has 0 spiro atoms. The Balaban J connectivity index is 2.20. The summed E-state index contributed by atoms with van der Waals surface area (Å²) in [5, 5.41) is 3.28. The quantitative estimate of drug-likeness (QED) is 0.706. The van der Waals surface area contributed by atoms with E-state index in [1.165, 1.54) is 27.3 Å². The summed E-state index contributed by atoms with van der Waals surface area (Å²) in [6.45, 7) is -0.119. The van der Waals surface area contributed by atoms with E-state index >= 15 is 0 Å². The van der Waals surface area contributed by atoms with Crippen LogP contribution in [-0.2, 0) is 27.8 Å².